The van der Waals surface area contributed by atoms with Crippen LogP contribution in [0.1, 0.15) is 17.2 Å². The maximum atomic E-state index is 5.86. The Morgan fingerprint density at radius 1 is 1.16 bits per heavy atom. The number of hydrogen-bond donors (Lipinski definition) is 2. The molecule has 0 radical (unpaired) electrons. The van der Waals surface area contributed by atoms with Gasteiger partial charge >= 0.3 is 0 Å². The van der Waals surface area contributed by atoms with Crippen molar-refractivity contribution < 1.29 is 14.2 Å². The highest BCUT2D eigenvalue weighted by molar-refractivity contribution is 14.0. The summed E-state index contributed by atoms with van der Waals surface area (Å²) in [4.78, 5) is 10.9. The van der Waals surface area contributed by atoms with Gasteiger partial charge in [0, 0.05) is 39.4 Å². The second-order valence-electron chi connectivity index (χ2n) is 7.07. The van der Waals surface area contributed by atoms with E-state index in [-0.39, 0.29) is 30.0 Å². The number of pyridine rings is 1. The topological polar surface area (TPSA) is 80.2 Å². The molecular formula is C22H31ClIN5O3. The van der Waals surface area contributed by atoms with Gasteiger partial charge in [-0.05, 0) is 29.3 Å². The smallest absolute Gasteiger partial charge is 0.191 e. The first kappa shape index (κ1) is 26.4. The summed E-state index contributed by atoms with van der Waals surface area (Å²) < 4.78 is 16.5. The average Bonchev–Trinajstić information content (AvgIpc) is 2.82. The predicted molar refractivity (Wildman–Crippen MR) is 138 cm³/mol. The average molecular weight is 576 g/mol. The van der Waals surface area contributed by atoms with Crippen LogP contribution in [0.25, 0.3) is 0 Å². The molecule has 176 valence electrons. The van der Waals surface area contributed by atoms with Crippen molar-refractivity contribution in [3.63, 3.8) is 0 Å². The number of aliphatic imine (C=N–C) groups is 1. The quantitative estimate of drug-likeness (QED) is 0.217. The van der Waals surface area contributed by atoms with E-state index in [1.165, 1.54) is 0 Å². The minimum Gasteiger partial charge on any atom is -0.493 e. The number of nitrogens with one attached hydrogen (secondary N) is 2. The third-order valence-electron chi connectivity index (χ3n) is 5.21. The van der Waals surface area contributed by atoms with Gasteiger partial charge in [-0.1, -0.05) is 23.7 Å². The highest BCUT2D eigenvalue weighted by atomic mass is 127. The van der Waals surface area contributed by atoms with Crippen LogP contribution in [-0.2, 0) is 11.3 Å². The molecule has 0 amide bonds. The molecule has 2 aromatic rings. The van der Waals surface area contributed by atoms with Gasteiger partial charge in [0.05, 0.1) is 33.5 Å². The molecule has 2 heterocycles. The second kappa shape index (κ2) is 13.7. The van der Waals surface area contributed by atoms with Crippen molar-refractivity contribution in [1.29, 1.82) is 0 Å². The lowest BCUT2D eigenvalue weighted by molar-refractivity contribution is 0.0169. The summed E-state index contributed by atoms with van der Waals surface area (Å²) >= 11 is 5.86. The molecule has 0 aliphatic carbocycles. The number of guanidine groups is 1. The van der Waals surface area contributed by atoms with E-state index < -0.39 is 0 Å². The number of benzene rings is 1. The van der Waals surface area contributed by atoms with Crippen molar-refractivity contribution in [1.82, 2.24) is 20.5 Å². The molecule has 1 fully saturated rings. The van der Waals surface area contributed by atoms with Gasteiger partial charge in [0.25, 0.3) is 0 Å². The van der Waals surface area contributed by atoms with Gasteiger partial charge in [-0.3, -0.25) is 9.89 Å². The lowest BCUT2D eigenvalue weighted by atomic mass is 10.0. The standard InChI is InChI=1S/C22H30ClN5O3.HI/c1-24-22(26-14-16-4-7-21(23)25-13-16)27-15-18(28-8-10-31-11-9-28)17-5-6-19(29-2)20(12-17)30-3;/h4-7,12-13,18H,8-11,14-15H2,1-3H3,(H2,24,26,27);1H. The minimum atomic E-state index is 0. The van der Waals surface area contributed by atoms with Crippen molar-refractivity contribution in [2.45, 2.75) is 12.6 Å². The van der Waals surface area contributed by atoms with E-state index in [0.29, 0.717) is 30.0 Å². The summed E-state index contributed by atoms with van der Waals surface area (Å²) in [6.07, 6.45) is 1.75. The van der Waals surface area contributed by atoms with Crippen LogP contribution in [0.4, 0.5) is 0 Å². The lowest BCUT2D eigenvalue weighted by Crippen LogP contribution is -2.46. The first-order valence-corrected chi connectivity index (χ1v) is 10.6. The van der Waals surface area contributed by atoms with E-state index in [1.807, 2.05) is 18.2 Å². The summed E-state index contributed by atoms with van der Waals surface area (Å²) in [6, 6.07) is 9.91. The van der Waals surface area contributed by atoms with E-state index in [0.717, 1.165) is 43.2 Å². The fraction of sp³-hybridized carbons (Fsp3) is 0.455. The van der Waals surface area contributed by atoms with Crippen LogP contribution in [0, 0.1) is 0 Å². The molecule has 1 aliphatic rings. The Bertz CT molecular complexity index is 863. The van der Waals surface area contributed by atoms with E-state index in [4.69, 9.17) is 25.8 Å². The highest BCUT2D eigenvalue weighted by Crippen LogP contribution is 2.32. The normalized spacial score (nSPS) is 15.4. The molecule has 0 bridgehead atoms. The van der Waals surface area contributed by atoms with Crippen molar-refractivity contribution in [2.75, 3.05) is 54.1 Å². The minimum absolute atomic E-state index is 0. The SMILES string of the molecule is CN=C(NCc1ccc(Cl)nc1)NCC(c1ccc(OC)c(OC)c1)N1CCOCC1.I. The van der Waals surface area contributed by atoms with Crippen LogP contribution in [0.2, 0.25) is 5.15 Å². The summed E-state index contributed by atoms with van der Waals surface area (Å²) in [5, 5.41) is 7.26. The number of rotatable bonds is 8. The molecule has 1 unspecified atom stereocenters. The Balaban J connectivity index is 0.00000363. The number of halogens is 2. The van der Waals surface area contributed by atoms with E-state index in [9.17, 15) is 0 Å². The zero-order chi connectivity index (χ0) is 22.1. The van der Waals surface area contributed by atoms with Crippen molar-refractivity contribution >= 4 is 41.5 Å². The van der Waals surface area contributed by atoms with Crippen LogP contribution < -0.4 is 20.1 Å². The number of hydrogen-bond acceptors (Lipinski definition) is 6. The third-order valence-corrected chi connectivity index (χ3v) is 5.44. The molecule has 1 aromatic heterocycles. The van der Waals surface area contributed by atoms with Crippen LogP contribution in [0.5, 0.6) is 11.5 Å². The van der Waals surface area contributed by atoms with Gasteiger partial charge in [-0.25, -0.2) is 4.98 Å². The molecule has 8 nitrogen and oxygen atoms in total. The van der Waals surface area contributed by atoms with Gasteiger partial charge < -0.3 is 24.8 Å². The van der Waals surface area contributed by atoms with Crippen LogP contribution in [0.15, 0.2) is 41.5 Å². The molecule has 1 saturated heterocycles. The van der Waals surface area contributed by atoms with Gasteiger partial charge in [0.2, 0.25) is 0 Å². The van der Waals surface area contributed by atoms with Gasteiger partial charge in [0.15, 0.2) is 17.5 Å². The molecule has 10 heteroatoms. The second-order valence-corrected chi connectivity index (χ2v) is 7.46. The first-order valence-electron chi connectivity index (χ1n) is 10.2. The lowest BCUT2D eigenvalue weighted by Gasteiger charge is -2.35. The van der Waals surface area contributed by atoms with Crippen molar-refractivity contribution in [3.8, 4) is 11.5 Å². The molecule has 1 aromatic carbocycles. The number of aromatic nitrogens is 1. The van der Waals surface area contributed by atoms with Crippen molar-refractivity contribution in [3.05, 3.63) is 52.8 Å². The van der Waals surface area contributed by atoms with Crippen LogP contribution >= 0.6 is 35.6 Å². The Morgan fingerprint density at radius 2 is 1.91 bits per heavy atom. The van der Waals surface area contributed by atoms with Gasteiger partial charge in [-0.15, -0.1) is 24.0 Å². The zero-order valence-electron chi connectivity index (χ0n) is 18.6. The Hall–Kier alpha value is -1.82. The van der Waals surface area contributed by atoms with Crippen LogP contribution in [0.3, 0.4) is 0 Å². The fourth-order valence-corrected chi connectivity index (χ4v) is 3.63. The summed E-state index contributed by atoms with van der Waals surface area (Å²) in [5.41, 5.74) is 2.17. The van der Waals surface area contributed by atoms with Gasteiger partial charge in [0.1, 0.15) is 5.15 Å². The molecule has 32 heavy (non-hydrogen) atoms. The molecule has 0 saturated carbocycles. The maximum absolute atomic E-state index is 5.86. The summed E-state index contributed by atoms with van der Waals surface area (Å²) in [6.45, 7) is 4.45. The van der Waals surface area contributed by atoms with Crippen molar-refractivity contribution in [2.24, 2.45) is 4.99 Å². The Kier molecular flexibility index (Phi) is 11.3. The first-order chi connectivity index (χ1) is 15.1. The number of morpholine rings is 1. The maximum Gasteiger partial charge on any atom is 0.191 e. The third kappa shape index (κ3) is 7.36. The molecule has 3 rings (SSSR count). The van der Waals surface area contributed by atoms with E-state index in [2.05, 4.69) is 31.6 Å². The van der Waals surface area contributed by atoms with Crippen LogP contribution in [-0.4, -0.2) is 70.0 Å². The molecule has 1 aliphatic heterocycles. The monoisotopic (exact) mass is 575 g/mol. The predicted octanol–water partition coefficient (Wildman–Crippen LogP) is 3.11. The van der Waals surface area contributed by atoms with Gasteiger partial charge in [-0.2, -0.15) is 0 Å². The number of methoxy groups -OCH3 is 2. The number of ether oxygens (including phenoxy) is 3. The summed E-state index contributed by atoms with van der Waals surface area (Å²) in [7, 11) is 5.06. The highest BCUT2D eigenvalue weighted by Gasteiger charge is 2.24. The molecule has 0 spiro atoms. The molecular weight excluding hydrogens is 545 g/mol. The Labute approximate surface area is 211 Å². The largest absolute Gasteiger partial charge is 0.493 e. The fourth-order valence-electron chi connectivity index (χ4n) is 3.52. The Morgan fingerprint density at radius 3 is 2.53 bits per heavy atom. The molecule has 2 N–H and O–H groups in total. The summed E-state index contributed by atoms with van der Waals surface area (Å²) in [5.74, 6) is 2.15. The van der Waals surface area contributed by atoms with E-state index >= 15 is 0 Å². The number of nitrogens with zero attached hydrogens (tertiary/aromatic N) is 3. The molecule has 1 atom stereocenters. The zero-order valence-corrected chi connectivity index (χ0v) is 21.7. The van der Waals surface area contributed by atoms with E-state index in [1.54, 1.807) is 33.5 Å².